The highest BCUT2D eigenvalue weighted by molar-refractivity contribution is 5.80. The van der Waals surface area contributed by atoms with Crippen molar-refractivity contribution in [3.8, 4) is 0 Å². The largest absolute Gasteiger partial charge is 0.368 e. The van der Waals surface area contributed by atoms with E-state index < -0.39 is 0 Å². The second kappa shape index (κ2) is 8.46. The molecule has 1 amide bonds. The summed E-state index contributed by atoms with van der Waals surface area (Å²) in [5.74, 6) is 0.765. The van der Waals surface area contributed by atoms with Crippen molar-refractivity contribution in [1.29, 1.82) is 0 Å². The summed E-state index contributed by atoms with van der Waals surface area (Å²) in [4.78, 5) is 14.5. The topological polar surface area (TPSA) is 41.6 Å². The average Bonchev–Trinajstić information content (AvgIpc) is 2.64. The highest BCUT2D eigenvalue weighted by Crippen LogP contribution is 2.27. The Morgan fingerprint density at radius 3 is 2.61 bits per heavy atom. The monoisotopic (exact) mass is 316 g/mol. The van der Waals surface area contributed by atoms with E-state index in [1.165, 1.54) is 18.4 Å². The van der Waals surface area contributed by atoms with E-state index in [0.717, 1.165) is 52.0 Å². The van der Waals surface area contributed by atoms with Crippen LogP contribution in [-0.4, -0.2) is 49.7 Å². The van der Waals surface area contributed by atoms with Gasteiger partial charge in [0.1, 0.15) is 6.10 Å². The molecular weight excluding hydrogens is 288 g/mol. The fraction of sp³-hybridized carbons (Fsp3) is 0.632. The highest BCUT2D eigenvalue weighted by Gasteiger charge is 2.23. The Bertz CT molecular complexity index is 477. The minimum absolute atomic E-state index is 0.0730. The molecule has 2 saturated heterocycles. The van der Waals surface area contributed by atoms with Gasteiger partial charge in [-0.1, -0.05) is 30.3 Å². The SMILES string of the molecule is O=C(NCCN1CCC(c2ccccc2)CC1)[C@H]1CCCCO1. The molecule has 0 unspecified atom stereocenters. The molecule has 0 radical (unpaired) electrons. The molecule has 1 aromatic rings. The molecule has 2 aliphatic rings. The second-order valence-corrected chi connectivity index (χ2v) is 6.67. The van der Waals surface area contributed by atoms with Crippen molar-refractivity contribution in [2.75, 3.05) is 32.8 Å². The summed E-state index contributed by atoms with van der Waals surface area (Å²) >= 11 is 0. The van der Waals surface area contributed by atoms with Crippen molar-refractivity contribution >= 4 is 5.91 Å². The van der Waals surface area contributed by atoms with Crippen LogP contribution in [0.1, 0.15) is 43.6 Å². The maximum atomic E-state index is 12.0. The molecular formula is C19H28N2O2. The standard InChI is InChI=1S/C19H28N2O2/c22-19(18-8-4-5-15-23-18)20-11-14-21-12-9-17(10-13-21)16-6-2-1-3-7-16/h1-3,6-7,17-18H,4-5,8-15H2,(H,20,22)/t18-/m1/s1. The third-order valence-electron chi connectivity index (χ3n) is 5.06. The van der Waals surface area contributed by atoms with E-state index in [0.29, 0.717) is 5.92 Å². The number of hydrogen-bond donors (Lipinski definition) is 1. The van der Waals surface area contributed by atoms with Crippen LogP contribution in [0, 0.1) is 0 Å². The Kier molecular flexibility index (Phi) is 6.06. The Balaban J connectivity index is 1.34. The van der Waals surface area contributed by atoms with Gasteiger partial charge in [-0.2, -0.15) is 0 Å². The van der Waals surface area contributed by atoms with E-state index in [-0.39, 0.29) is 12.0 Å². The summed E-state index contributed by atoms with van der Waals surface area (Å²) in [5.41, 5.74) is 1.47. The van der Waals surface area contributed by atoms with Gasteiger partial charge in [0.05, 0.1) is 0 Å². The van der Waals surface area contributed by atoms with Crippen LogP contribution in [0.2, 0.25) is 0 Å². The molecule has 1 atom stereocenters. The van der Waals surface area contributed by atoms with E-state index in [2.05, 4.69) is 40.5 Å². The van der Waals surface area contributed by atoms with E-state index >= 15 is 0 Å². The first-order valence-corrected chi connectivity index (χ1v) is 8.99. The third-order valence-corrected chi connectivity index (χ3v) is 5.06. The van der Waals surface area contributed by atoms with Crippen LogP contribution in [0.25, 0.3) is 0 Å². The smallest absolute Gasteiger partial charge is 0.249 e. The highest BCUT2D eigenvalue weighted by atomic mass is 16.5. The molecule has 0 aromatic heterocycles. The van der Waals surface area contributed by atoms with E-state index in [1.54, 1.807) is 0 Å². The Hall–Kier alpha value is -1.39. The van der Waals surface area contributed by atoms with Crippen LogP contribution < -0.4 is 5.32 Å². The van der Waals surface area contributed by atoms with Crippen molar-refractivity contribution in [3.05, 3.63) is 35.9 Å². The summed E-state index contributed by atoms with van der Waals surface area (Å²) in [6.07, 6.45) is 5.26. The normalized spacial score (nSPS) is 23.6. The zero-order chi connectivity index (χ0) is 15.9. The van der Waals surface area contributed by atoms with Gasteiger partial charge >= 0.3 is 0 Å². The van der Waals surface area contributed by atoms with Gasteiger partial charge in [-0.15, -0.1) is 0 Å². The number of benzene rings is 1. The number of piperidine rings is 1. The van der Waals surface area contributed by atoms with Gasteiger partial charge in [-0.25, -0.2) is 0 Å². The van der Waals surface area contributed by atoms with Crippen molar-refractivity contribution in [2.24, 2.45) is 0 Å². The summed E-state index contributed by atoms with van der Waals surface area (Å²) < 4.78 is 5.52. The molecule has 1 N–H and O–H groups in total. The Morgan fingerprint density at radius 2 is 1.91 bits per heavy atom. The molecule has 126 valence electrons. The van der Waals surface area contributed by atoms with Crippen LogP contribution in [0.5, 0.6) is 0 Å². The van der Waals surface area contributed by atoms with Gasteiger partial charge in [0.15, 0.2) is 0 Å². The molecule has 0 saturated carbocycles. The number of nitrogens with one attached hydrogen (secondary N) is 1. The van der Waals surface area contributed by atoms with Gasteiger partial charge in [0.25, 0.3) is 0 Å². The lowest BCUT2D eigenvalue weighted by atomic mass is 9.89. The van der Waals surface area contributed by atoms with Crippen molar-refractivity contribution in [3.63, 3.8) is 0 Å². The number of likely N-dealkylation sites (tertiary alicyclic amines) is 1. The van der Waals surface area contributed by atoms with Crippen molar-refractivity contribution < 1.29 is 9.53 Å². The molecule has 0 bridgehead atoms. The summed E-state index contributed by atoms with van der Waals surface area (Å²) in [5, 5.41) is 3.04. The summed E-state index contributed by atoms with van der Waals surface area (Å²) in [6, 6.07) is 10.8. The molecule has 2 fully saturated rings. The minimum Gasteiger partial charge on any atom is -0.368 e. The zero-order valence-electron chi connectivity index (χ0n) is 13.9. The second-order valence-electron chi connectivity index (χ2n) is 6.67. The van der Waals surface area contributed by atoms with Crippen LogP contribution in [-0.2, 0) is 9.53 Å². The Morgan fingerprint density at radius 1 is 1.13 bits per heavy atom. The molecule has 1 aromatic carbocycles. The van der Waals surface area contributed by atoms with Crippen LogP contribution in [0.4, 0.5) is 0 Å². The lowest BCUT2D eigenvalue weighted by molar-refractivity contribution is -0.135. The van der Waals surface area contributed by atoms with Crippen molar-refractivity contribution in [2.45, 2.75) is 44.1 Å². The molecule has 4 heteroatoms. The van der Waals surface area contributed by atoms with Gasteiger partial charge in [0.2, 0.25) is 5.91 Å². The maximum absolute atomic E-state index is 12.0. The van der Waals surface area contributed by atoms with Crippen LogP contribution >= 0.6 is 0 Å². The van der Waals surface area contributed by atoms with E-state index in [4.69, 9.17) is 4.74 Å². The lowest BCUT2D eigenvalue weighted by Gasteiger charge is -2.32. The summed E-state index contributed by atoms with van der Waals surface area (Å²) in [6.45, 7) is 4.64. The van der Waals surface area contributed by atoms with Crippen LogP contribution in [0.3, 0.4) is 0 Å². The minimum atomic E-state index is -0.215. The predicted octanol–water partition coefficient (Wildman–Crippen LogP) is 2.55. The third kappa shape index (κ3) is 4.79. The first-order valence-electron chi connectivity index (χ1n) is 8.99. The van der Waals surface area contributed by atoms with E-state index in [1.807, 2.05) is 0 Å². The van der Waals surface area contributed by atoms with Gasteiger partial charge in [-0.05, 0) is 56.7 Å². The quantitative estimate of drug-likeness (QED) is 0.908. The average molecular weight is 316 g/mol. The molecule has 23 heavy (non-hydrogen) atoms. The number of rotatable bonds is 5. The molecule has 2 heterocycles. The molecule has 2 aliphatic heterocycles. The van der Waals surface area contributed by atoms with Gasteiger partial charge in [0, 0.05) is 19.7 Å². The number of carbonyl (C=O) groups excluding carboxylic acids is 1. The van der Waals surface area contributed by atoms with Gasteiger partial charge in [-0.3, -0.25) is 4.79 Å². The fourth-order valence-electron chi connectivity index (χ4n) is 3.61. The zero-order valence-corrected chi connectivity index (χ0v) is 13.9. The number of carbonyl (C=O) groups is 1. The van der Waals surface area contributed by atoms with Crippen molar-refractivity contribution in [1.82, 2.24) is 10.2 Å². The maximum Gasteiger partial charge on any atom is 0.249 e. The lowest BCUT2D eigenvalue weighted by Crippen LogP contribution is -2.43. The summed E-state index contributed by atoms with van der Waals surface area (Å²) in [7, 11) is 0. The number of ether oxygens (including phenoxy) is 1. The molecule has 0 aliphatic carbocycles. The van der Waals surface area contributed by atoms with E-state index in [9.17, 15) is 4.79 Å². The first-order chi connectivity index (χ1) is 11.3. The number of amides is 1. The Labute approximate surface area is 139 Å². The molecule has 4 nitrogen and oxygen atoms in total. The van der Waals surface area contributed by atoms with Gasteiger partial charge < -0.3 is 15.0 Å². The molecule has 3 rings (SSSR count). The predicted molar refractivity (Wildman–Crippen MR) is 91.5 cm³/mol. The fourth-order valence-corrected chi connectivity index (χ4v) is 3.61. The number of nitrogens with zero attached hydrogens (tertiary/aromatic N) is 1. The first kappa shape index (κ1) is 16.5. The molecule has 0 spiro atoms. The number of hydrogen-bond acceptors (Lipinski definition) is 3. The van der Waals surface area contributed by atoms with Crippen LogP contribution in [0.15, 0.2) is 30.3 Å².